The molecule has 0 bridgehead atoms. The number of hydrogen-bond acceptors (Lipinski definition) is 4. The Morgan fingerprint density at radius 3 is 2.45 bits per heavy atom. The van der Waals surface area contributed by atoms with Crippen molar-refractivity contribution in [1.29, 1.82) is 0 Å². The molecule has 1 aromatic heterocycles. The van der Waals surface area contributed by atoms with Crippen molar-refractivity contribution in [1.82, 2.24) is 10.3 Å². The van der Waals surface area contributed by atoms with E-state index in [0.29, 0.717) is 33.3 Å². The van der Waals surface area contributed by atoms with Crippen LogP contribution < -0.4 is 15.0 Å². The third-order valence-corrected chi connectivity index (χ3v) is 7.69. The molecule has 0 saturated carbocycles. The number of fused-ring (bicyclic) bond motifs is 1. The molecule has 0 spiro atoms. The Morgan fingerprint density at radius 1 is 1.05 bits per heavy atom. The zero-order valence-electron chi connectivity index (χ0n) is 24.3. The Hall–Kier alpha value is -4.08. The molecule has 3 aromatic carbocycles. The fraction of sp³-hybridized carbons (Fsp3) is 0.242. The van der Waals surface area contributed by atoms with Gasteiger partial charge in [0, 0.05) is 29.1 Å². The van der Waals surface area contributed by atoms with Crippen molar-refractivity contribution >= 4 is 57.7 Å². The number of halogens is 5. The van der Waals surface area contributed by atoms with Gasteiger partial charge in [-0.15, -0.1) is 0 Å². The van der Waals surface area contributed by atoms with Gasteiger partial charge >= 0.3 is 6.18 Å². The number of anilines is 1. The van der Waals surface area contributed by atoms with Crippen LogP contribution in [0.5, 0.6) is 5.75 Å². The van der Waals surface area contributed by atoms with Crippen molar-refractivity contribution in [3.63, 3.8) is 0 Å². The molecule has 0 aliphatic rings. The van der Waals surface area contributed by atoms with Crippen molar-refractivity contribution < 1.29 is 27.5 Å². The number of aryl methyl sites for hydroxylation is 2. The minimum atomic E-state index is -4.45. The zero-order valence-corrected chi connectivity index (χ0v) is 25.8. The first-order valence-electron chi connectivity index (χ1n) is 13.8. The third-order valence-electron chi connectivity index (χ3n) is 6.92. The van der Waals surface area contributed by atoms with Crippen LogP contribution >= 0.6 is 23.2 Å². The van der Waals surface area contributed by atoms with E-state index in [-0.39, 0.29) is 18.2 Å². The van der Waals surface area contributed by atoms with Crippen LogP contribution in [0, 0.1) is 6.92 Å². The molecule has 0 unspecified atom stereocenters. The SMILES string of the molecule is CCCc1ccc2cc(OCc3c(Cl)ccc(N(C)C(=O)CNC(=O)C=Cc4ccc(C(F)(F)F)cc4)c3Cl)c(C)nc2c1. The van der Waals surface area contributed by atoms with Gasteiger partial charge in [-0.25, -0.2) is 4.98 Å². The highest BCUT2D eigenvalue weighted by atomic mass is 35.5. The lowest BCUT2D eigenvalue weighted by atomic mass is 10.1. The minimum absolute atomic E-state index is 0.0287. The number of pyridine rings is 1. The number of nitrogens with zero attached hydrogens (tertiary/aromatic N) is 2. The van der Waals surface area contributed by atoms with Crippen LogP contribution in [0.1, 0.15) is 41.3 Å². The molecule has 0 aliphatic heterocycles. The van der Waals surface area contributed by atoms with E-state index < -0.39 is 23.6 Å². The molecule has 11 heteroatoms. The van der Waals surface area contributed by atoms with E-state index in [0.717, 1.165) is 42.0 Å². The molecule has 230 valence electrons. The van der Waals surface area contributed by atoms with Crippen molar-refractivity contribution in [2.45, 2.75) is 39.5 Å². The van der Waals surface area contributed by atoms with Crippen LogP contribution in [0.15, 0.2) is 66.7 Å². The summed E-state index contributed by atoms with van der Waals surface area (Å²) < 4.78 is 44.2. The van der Waals surface area contributed by atoms with Crippen molar-refractivity contribution in [3.8, 4) is 5.75 Å². The van der Waals surface area contributed by atoms with E-state index >= 15 is 0 Å². The third kappa shape index (κ3) is 8.09. The number of likely N-dealkylation sites (N-methyl/N-ethyl adjacent to an activating group) is 1. The summed E-state index contributed by atoms with van der Waals surface area (Å²) in [5.74, 6) is -0.479. The minimum Gasteiger partial charge on any atom is -0.487 e. The van der Waals surface area contributed by atoms with E-state index in [2.05, 4.69) is 24.4 Å². The molecule has 6 nitrogen and oxygen atoms in total. The van der Waals surface area contributed by atoms with Crippen LogP contribution in [0.3, 0.4) is 0 Å². The number of nitrogens with one attached hydrogen (secondary N) is 1. The lowest BCUT2D eigenvalue weighted by Crippen LogP contribution is -2.37. The first-order valence-corrected chi connectivity index (χ1v) is 14.5. The number of carbonyl (C=O) groups is 2. The highest BCUT2D eigenvalue weighted by Crippen LogP contribution is 2.35. The summed E-state index contributed by atoms with van der Waals surface area (Å²) in [5, 5.41) is 3.99. The number of aromatic nitrogens is 1. The summed E-state index contributed by atoms with van der Waals surface area (Å²) in [6, 6.07) is 15.6. The Morgan fingerprint density at radius 2 is 1.77 bits per heavy atom. The Kier molecular flexibility index (Phi) is 10.5. The van der Waals surface area contributed by atoms with Crippen molar-refractivity contribution in [2.75, 3.05) is 18.5 Å². The second kappa shape index (κ2) is 14.1. The standard InChI is InChI=1S/C33H30Cl2F3N3O3/c1-4-5-22-6-10-23-17-29(20(2)40-27(23)16-22)44-19-25-26(34)13-14-28(32(25)35)41(3)31(43)18-39-30(42)15-9-21-7-11-24(12-8-21)33(36,37)38/h6-17H,4-5,18-19H2,1-3H3,(H,39,42). The van der Waals surface area contributed by atoms with E-state index in [4.69, 9.17) is 32.9 Å². The van der Waals surface area contributed by atoms with Gasteiger partial charge in [0.15, 0.2) is 0 Å². The smallest absolute Gasteiger partial charge is 0.416 e. The fourth-order valence-electron chi connectivity index (χ4n) is 4.44. The maximum Gasteiger partial charge on any atom is 0.416 e. The molecule has 0 atom stereocenters. The molecular weight excluding hydrogens is 614 g/mol. The molecule has 0 radical (unpaired) electrons. The van der Waals surface area contributed by atoms with Crippen LogP contribution in [-0.2, 0) is 28.8 Å². The molecule has 1 heterocycles. The maximum absolute atomic E-state index is 12.9. The van der Waals surface area contributed by atoms with Gasteiger partial charge in [-0.1, -0.05) is 60.8 Å². The van der Waals surface area contributed by atoms with Gasteiger partial charge in [-0.3, -0.25) is 9.59 Å². The number of benzene rings is 3. The number of alkyl halides is 3. The first kappa shape index (κ1) is 32.8. The zero-order chi connectivity index (χ0) is 32.0. The number of amides is 2. The first-order chi connectivity index (χ1) is 20.9. The highest BCUT2D eigenvalue weighted by molar-refractivity contribution is 6.38. The highest BCUT2D eigenvalue weighted by Gasteiger charge is 2.29. The van der Waals surface area contributed by atoms with Gasteiger partial charge in [-0.2, -0.15) is 13.2 Å². The normalized spacial score (nSPS) is 11.6. The molecule has 0 saturated heterocycles. The van der Waals surface area contributed by atoms with Gasteiger partial charge in [0.1, 0.15) is 12.4 Å². The van der Waals surface area contributed by atoms with Crippen LogP contribution in [0.25, 0.3) is 17.0 Å². The van der Waals surface area contributed by atoms with Gasteiger partial charge in [0.05, 0.1) is 34.0 Å². The Balaban J connectivity index is 1.39. The molecule has 44 heavy (non-hydrogen) atoms. The average Bonchev–Trinajstić information content (AvgIpc) is 2.98. The number of hydrogen-bond donors (Lipinski definition) is 1. The summed E-state index contributed by atoms with van der Waals surface area (Å²) in [6.07, 6.45) is 0.0677. The van der Waals surface area contributed by atoms with Crippen LogP contribution in [-0.4, -0.2) is 30.4 Å². The van der Waals surface area contributed by atoms with Crippen LogP contribution in [0.4, 0.5) is 18.9 Å². The summed E-state index contributed by atoms with van der Waals surface area (Å²) in [5.41, 5.74) is 3.28. The van der Waals surface area contributed by atoms with E-state index in [9.17, 15) is 22.8 Å². The Bertz CT molecular complexity index is 1710. The summed E-state index contributed by atoms with van der Waals surface area (Å²) in [4.78, 5) is 31.1. The number of ether oxygens (including phenoxy) is 1. The van der Waals surface area contributed by atoms with E-state index in [1.54, 1.807) is 12.1 Å². The molecular formula is C33H30Cl2F3N3O3. The summed E-state index contributed by atoms with van der Waals surface area (Å²) in [6.45, 7) is 3.67. The van der Waals surface area contributed by atoms with Gasteiger partial charge < -0.3 is 15.0 Å². The second-order valence-corrected chi connectivity index (χ2v) is 10.9. The average molecular weight is 645 g/mol. The van der Waals surface area contributed by atoms with Gasteiger partial charge in [-0.05, 0) is 66.9 Å². The monoisotopic (exact) mass is 643 g/mol. The molecule has 1 N–H and O–H groups in total. The lowest BCUT2D eigenvalue weighted by molar-refractivity contribution is -0.137. The molecule has 4 rings (SSSR count). The van der Waals surface area contributed by atoms with Crippen LogP contribution in [0.2, 0.25) is 10.0 Å². The van der Waals surface area contributed by atoms with E-state index in [1.165, 1.54) is 35.7 Å². The molecule has 0 aliphatic carbocycles. The van der Waals surface area contributed by atoms with Gasteiger partial charge in [0.25, 0.3) is 0 Å². The Labute approximate surface area is 263 Å². The molecule has 2 amide bonds. The van der Waals surface area contributed by atoms with Crippen molar-refractivity contribution in [3.05, 3.63) is 105 Å². The number of rotatable bonds is 10. The predicted octanol–water partition coefficient (Wildman–Crippen LogP) is 8.19. The van der Waals surface area contributed by atoms with E-state index in [1.807, 2.05) is 19.1 Å². The van der Waals surface area contributed by atoms with Gasteiger partial charge in [0.2, 0.25) is 11.8 Å². The van der Waals surface area contributed by atoms with Crippen molar-refractivity contribution in [2.24, 2.45) is 0 Å². The summed E-state index contributed by atoms with van der Waals surface area (Å²) in [7, 11) is 1.51. The number of carbonyl (C=O) groups excluding carboxylic acids is 2. The lowest BCUT2D eigenvalue weighted by Gasteiger charge is -2.21. The molecule has 0 fully saturated rings. The quantitative estimate of drug-likeness (QED) is 0.177. The topological polar surface area (TPSA) is 71.5 Å². The fourth-order valence-corrected chi connectivity index (χ4v) is 5.04. The molecule has 4 aromatic rings. The largest absolute Gasteiger partial charge is 0.487 e. The predicted molar refractivity (Wildman–Crippen MR) is 168 cm³/mol. The summed E-state index contributed by atoms with van der Waals surface area (Å²) >= 11 is 13.1. The maximum atomic E-state index is 12.9. The second-order valence-electron chi connectivity index (χ2n) is 10.1.